The number of hydrogen-bond acceptors (Lipinski definition) is 4. The molecule has 5 nitrogen and oxygen atoms in total. The molecule has 0 atom stereocenters. The molecule has 0 unspecified atom stereocenters. The van der Waals surface area contributed by atoms with E-state index in [0.29, 0.717) is 29.3 Å². The molecule has 4 bridgehead atoms. The summed E-state index contributed by atoms with van der Waals surface area (Å²) in [5.41, 5.74) is -0.251. The Morgan fingerprint density at radius 2 is 1.58 bits per heavy atom. The maximum absolute atomic E-state index is 13.1. The fourth-order valence-corrected chi connectivity index (χ4v) is 7.16. The largest absolute Gasteiger partial charge is 0.497 e. The molecule has 0 spiro atoms. The predicted octanol–water partition coefficient (Wildman–Crippen LogP) is 2.95. The third kappa shape index (κ3) is 2.69. The van der Waals surface area contributed by atoms with Gasteiger partial charge in [0.25, 0.3) is 0 Å². The van der Waals surface area contributed by atoms with Crippen molar-refractivity contribution >= 4 is 10.0 Å². The normalized spacial score (nSPS) is 34.3. The molecule has 4 aliphatic rings. The molecule has 0 aromatic heterocycles. The number of methoxy groups -OCH3 is 2. The highest BCUT2D eigenvalue weighted by atomic mass is 32.2. The molecule has 4 saturated carbocycles. The second-order valence-electron chi connectivity index (χ2n) is 7.82. The second-order valence-corrected chi connectivity index (χ2v) is 9.47. The maximum Gasteiger partial charge on any atom is 0.244 e. The highest BCUT2D eigenvalue weighted by molar-refractivity contribution is 7.89. The fraction of sp³-hybridized carbons (Fsp3) is 0.667. The zero-order chi connectivity index (χ0) is 16.9. The van der Waals surface area contributed by atoms with E-state index in [1.165, 1.54) is 26.4 Å². The molecule has 6 heteroatoms. The molecule has 5 rings (SSSR count). The van der Waals surface area contributed by atoms with Crippen LogP contribution in [0.25, 0.3) is 0 Å². The summed E-state index contributed by atoms with van der Waals surface area (Å²) >= 11 is 0. The molecule has 0 saturated heterocycles. The number of hydrogen-bond donors (Lipinski definition) is 1. The van der Waals surface area contributed by atoms with Gasteiger partial charge in [-0.3, -0.25) is 0 Å². The molecule has 0 radical (unpaired) electrons. The average molecular weight is 351 g/mol. The van der Waals surface area contributed by atoms with Crippen LogP contribution in [0.4, 0.5) is 0 Å². The van der Waals surface area contributed by atoms with Gasteiger partial charge in [-0.2, -0.15) is 0 Å². The monoisotopic (exact) mass is 351 g/mol. The summed E-state index contributed by atoms with van der Waals surface area (Å²) in [5, 5.41) is 0. The van der Waals surface area contributed by atoms with Crippen molar-refractivity contribution in [1.29, 1.82) is 0 Å². The highest BCUT2D eigenvalue weighted by Gasteiger charge is 2.52. The lowest BCUT2D eigenvalue weighted by Crippen LogP contribution is -2.59. The lowest BCUT2D eigenvalue weighted by molar-refractivity contribution is -0.00811. The highest BCUT2D eigenvalue weighted by Crippen LogP contribution is 2.56. The Bertz CT molecular complexity index is 708. The minimum atomic E-state index is -3.62. The van der Waals surface area contributed by atoms with Crippen LogP contribution >= 0.6 is 0 Å². The van der Waals surface area contributed by atoms with Crippen LogP contribution in [0.3, 0.4) is 0 Å². The molecule has 0 amide bonds. The van der Waals surface area contributed by atoms with Gasteiger partial charge in [0.05, 0.1) is 14.2 Å². The lowest BCUT2D eigenvalue weighted by atomic mass is 9.53. The third-order valence-electron chi connectivity index (χ3n) is 6.05. The van der Waals surface area contributed by atoms with Gasteiger partial charge in [-0.25, -0.2) is 13.1 Å². The summed E-state index contributed by atoms with van der Waals surface area (Å²) in [6.45, 7) is 0. The molecule has 132 valence electrons. The Kier molecular flexibility index (Phi) is 3.80. The maximum atomic E-state index is 13.1. The van der Waals surface area contributed by atoms with E-state index in [1.54, 1.807) is 25.3 Å². The standard InChI is InChI=1S/C18H25NO4S/c1-22-15-3-4-17(16(8-15)23-2)24(20,21)19-18-9-12-5-13(10-18)7-14(6-12)11-18/h3-4,8,12-14,19H,5-7,9-11H2,1-2H3. The van der Waals surface area contributed by atoms with Crippen LogP contribution in [0.5, 0.6) is 11.5 Å². The SMILES string of the molecule is COc1ccc(S(=O)(=O)NC23CC4CC(CC(C4)C2)C3)c(OC)c1. The summed E-state index contributed by atoms with van der Waals surface area (Å²) < 4.78 is 39.7. The summed E-state index contributed by atoms with van der Waals surface area (Å²) in [6.07, 6.45) is 6.80. The van der Waals surface area contributed by atoms with Crippen LogP contribution in [-0.2, 0) is 10.0 Å². The molecule has 1 aromatic carbocycles. The van der Waals surface area contributed by atoms with Gasteiger partial charge in [-0.05, 0) is 68.4 Å². The number of ether oxygens (including phenoxy) is 2. The van der Waals surface area contributed by atoms with E-state index >= 15 is 0 Å². The summed E-state index contributed by atoms with van der Waals surface area (Å²) in [7, 11) is -0.584. The van der Waals surface area contributed by atoms with Crippen LogP contribution in [-0.4, -0.2) is 28.2 Å². The number of sulfonamides is 1. The summed E-state index contributed by atoms with van der Waals surface area (Å²) in [5.74, 6) is 2.98. The zero-order valence-corrected chi connectivity index (χ0v) is 15.1. The van der Waals surface area contributed by atoms with Gasteiger partial charge in [0.2, 0.25) is 10.0 Å². The topological polar surface area (TPSA) is 64.6 Å². The van der Waals surface area contributed by atoms with Crippen molar-refractivity contribution in [3.63, 3.8) is 0 Å². The Labute approximate surface area is 143 Å². The van der Waals surface area contributed by atoms with Gasteiger partial charge in [0.1, 0.15) is 16.4 Å². The number of nitrogens with one attached hydrogen (secondary N) is 1. The van der Waals surface area contributed by atoms with Crippen LogP contribution in [0.2, 0.25) is 0 Å². The minimum absolute atomic E-state index is 0.196. The Morgan fingerprint density at radius 3 is 2.08 bits per heavy atom. The van der Waals surface area contributed by atoms with E-state index < -0.39 is 10.0 Å². The van der Waals surface area contributed by atoms with E-state index in [1.807, 2.05) is 0 Å². The molecule has 24 heavy (non-hydrogen) atoms. The fourth-order valence-electron chi connectivity index (χ4n) is 5.57. The number of rotatable bonds is 5. The Morgan fingerprint density at radius 1 is 1.00 bits per heavy atom. The van der Waals surface area contributed by atoms with Crippen molar-refractivity contribution in [2.24, 2.45) is 17.8 Å². The van der Waals surface area contributed by atoms with Crippen LogP contribution in [0.15, 0.2) is 23.1 Å². The summed E-state index contributed by atoms with van der Waals surface area (Å²) in [6, 6.07) is 4.85. The van der Waals surface area contributed by atoms with E-state index in [4.69, 9.17) is 9.47 Å². The van der Waals surface area contributed by atoms with Gasteiger partial charge in [0, 0.05) is 11.6 Å². The summed E-state index contributed by atoms with van der Waals surface area (Å²) in [4.78, 5) is 0.196. The smallest absolute Gasteiger partial charge is 0.244 e. The van der Waals surface area contributed by atoms with Gasteiger partial charge in [-0.1, -0.05) is 0 Å². The molecular formula is C18H25NO4S. The van der Waals surface area contributed by atoms with Crippen molar-refractivity contribution in [3.05, 3.63) is 18.2 Å². The van der Waals surface area contributed by atoms with Crippen molar-refractivity contribution in [3.8, 4) is 11.5 Å². The predicted molar refractivity (Wildman–Crippen MR) is 90.8 cm³/mol. The van der Waals surface area contributed by atoms with Crippen molar-refractivity contribution in [2.45, 2.75) is 49.0 Å². The molecule has 0 aliphatic heterocycles. The first-order valence-electron chi connectivity index (χ1n) is 8.69. The average Bonchev–Trinajstić information content (AvgIpc) is 2.51. The van der Waals surface area contributed by atoms with Crippen molar-refractivity contribution in [1.82, 2.24) is 4.72 Å². The van der Waals surface area contributed by atoms with Crippen molar-refractivity contribution in [2.75, 3.05) is 14.2 Å². The quantitative estimate of drug-likeness (QED) is 0.886. The molecule has 4 aliphatic carbocycles. The van der Waals surface area contributed by atoms with Gasteiger partial charge in [0.15, 0.2) is 0 Å². The van der Waals surface area contributed by atoms with E-state index in [-0.39, 0.29) is 10.4 Å². The van der Waals surface area contributed by atoms with Gasteiger partial charge >= 0.3 is 0 Å². The third-order valence-corrected chi connectivity index (χ3v) is 7.67. The Hall–Kier alpha value is -1.27. The second kappa shape index (κ2) is 5.63. The molecule has 4 fully saturated rings. The van der Waals surface area contributed by atoms with Crippen LogP contribution in [0.1, 0.15) is 38.5 Å². The first-order chi connectivity index (χ1) is 11.4. The van der Waals surface area contributed by atoms with Gasteiger partial charge in [-0.15, -0.1) is 0 Å². The zero-order valence-electron chi connectivity index (χ0n) is 14.2. The van der Waals surface area contributed by atoms with Gasteiger partial charge < -0.3 is 9.47 Å². The number of benzene rings is 1. The first kappa shape index (κ1) is 16.2. The minimum Gasteiger partial charge on any atom is -0.497 e. The molecular weight excluding hydrogens is 326 g/mol. The van der Waals surface area contributed by atoms with E-state index in [0.717, 1.165) is 19.3 Å². The lowest BCUT2D eigenvalue weighted by Gasteiger charge is -2.56. The molecule has 1 N–H and O–H groups in total. The first-order valence-corrected chi connectivity index (χ1v) is 10.2. The Balaban J connectivity index is 1.64. The van der Waals surface area contributed by atoms with Crippen LogP contribution < -0.4 is 14.2 Å². The van der Waals surface area contributed by atoms with E-state index in [2.05, 4.69) is 4.72 Å². The van der Waals surface area contributed by atoms with Crippen molar-refractivity contribution < 1.29 is 17.9 Å². The van der Waals surface area contributed by atoms with E-state index in [9.17, 15) is 8.42 Å². The molecule has 1 aromatic rings. The molecule has 0 heterocycles. The van der Waals surface area contributed by atoms with Crippen LogP contribution in [0, 0.1) is 17.8 Å².